The van der Waals surface area contributed by atoms with E-state index in [2.05, 4.69) is 16.0 Å². The quantitative estimate of drug-likeness (QED) is 0.117. The number of nitrogens with one attached hydrogen (secondary N) is 3. The van der Waals surface area contributed by atoms with E-state index in [0.717, 1.165) is 23.1 Å². The lowest BCUT2D eigenvalue weighted by Crippen LogP contribution is -2.58. The average molecular weight is 880 g/mol. The largest absolute Gasteiger partial charge is 0.508 e. The van der Waals surface area contributed by atoms with Gasteiger partial charge in [0.05, 0.1) is 12.1 Å². The first-order valence-corrected chi connectivity index (χ1v) is 17.2. The Morgan fingerprint density at radius 1 is 0.945 bits per heavy atom. The van der Waals surface area contributed by atoms with Crippen LogP contribution in [0.15, 0.2) is 42.5 Å². The fraction of sp³-hybridized carbons (Fsp3) is 0.543. The van der Waals surface area contributed by atoms with E-state index in [0.29, 0.717) is 37.9 Å². The molecule has 15 N–H and O–H groups in total. The maximum Gasteiger partial charge on any atom is 0.245 e. The number of benzene rings is 2. The van der Waals surface area contributed by atoms with E-state index in [9.17, 15) is 29.4 Å². The zero-order valence-corrected chi connectivity index (χ0v) is 35.0. The molecule has 316 valence electrons. The van der Waals surface area contributed by atoms with Crippen molar-refractivity contribution in [2.24, 2.45) is 28.7 Å². The van der Waals surface area contributed by atoms with Crippen molar-refractivity contribution in [3.63, 3.8) is 0 Å². The summed E-state index contributed by atoms with van der Waals surface area (Å²) < 4.78 is 0. The smallest absolute Gasteiger partial charge is 0.245 e. The number of amides is 4. The summed E-state index contributed by atoms with van der Waals surface area (Å²) in [7, 11) is 1.45. The van der Waals surface area contributed by atoms with E-state index in [-0.39, 0.29) is 119 Å². The number of halogens is 5. The number of aliphatic hydroxyl groups excluding tert-OH is 1. The van der Waals surface area contributed by atoms with Crippen molar-refractivity contribution < 1.29 is 29.4 Å². The highest BCUT2D eigenvalue weighted by atomic mass is 35.5. The highest BCUT2D eigenvalue weighted by Crippen LogP contribution is 2.28. The monoisotopic (exact) mass is 877 g/mol. The van der Waals surface area contributed by atoms with Crippen LogP contribution in [0.3, 0.4) is 0 Å². The number of carbonyl (C=O) groups excluding carboxylic acids is 4. The van der Waals surface area contributed by atoms with Crippen LogP contribution in [0.1, 0.15) is 49.7 Å². The number of phenols is 1. The number of rotatable bonds is 15. The first-order chi connectivity index (χ1) is 23.9. The van der Waals surface area contributed by atoms with Gasteiger partial charge in [-0.2, -0.15) is 0 Å². The lowest BCUT2D eigenvalue weighted by molar-refractivity contribution is -0.143. The van der Waals surface area contributed by atoms with E-state index in [1.54, 1.807) is 12.1 Å². The van der Waals surface area contributed by atoms with Gasteiger partial charge in [0.1, 0.15) is 17.8 Å². The summed E-state index contributed by atoms with van der Waals surface area (Å²) in [4.78, 5) is 55.7. The normalized spacial score (nSPS) is 18.3. The molecule has 1 heterocycles. The Kier molecular flexibility index (Phi) is 29.5. The molecule has 3 rings (SSSR count). The van der Waals surface area contributed by atoms with Crippen molar-refractivity contribution in [2.45, 2.75) is 87.7 Å². The van der Waals surface area contributed by atoms with Crippen LogP contribution in [0, 0.1) is 0 Å². The van der Waals surface area contributed by atoms with Gasteiger partial charge in [0.15, 0.2) is 0 Å². The summed E-state index contributed by atoms with van der Waals surface area (Å²) >= 11 is 0. The Bertz CT molecular complexity index is 1470. The standard InChI is InChI=1S/C35H55N9O6.5ClH/c1-44-30(34(49)42-26(8-4-12-37)17-32(47)41-20-25(39)7-3-11-36)14-21-5-2-6-22(13-21)23-9-10-31(46)24(15-23)16-28(40)33(48)43-29(35(44)50)18-27(45)19-38;;;;;/h2,5-6,9-10,13,15,25-30,45-46H,3-4,7-8,11-12,14,16-20,36-40H2,1H3,(H,41,47)(H,42,49)(H,43,48);5*1H/t25-,26-,27+,28-,29-,30-;;;;;/m0...../s1. The Hall–Kier alpha value is -2.67. The third-order valence-electron chi connectivity index (χ3n) is 8.93. The Morgan fingerprint density at radius 3 is 2.22 bits per heavy atom. The third kappa shape index (κ3) is 18.0. The van der Waals surface area contributed by atoms with Crippen LogP contribution < -0.4 is 44.6 Å². The first-order valence-electron chi connectivity index (χ1n) is 17.2. The summed E-state index contributed by atoms with van der Waals surface area (Å²) in [6.45, 7) is 0.942. The molecule has 0 saturated carbocycles. The molecule has 20 heteroatoms. The van der Waals surface area contributed by atoms with Gasteiger partial charge in [-0.3, -0.25) is 19.2 Å². The molecule has 0 radical (unpaired) electrons. The fourth-order valence-corrected chi connectivity index (χ4v) is 5.94. The summed E-state index contributed by atoms with van der Waals surface area (Å²) in [6, 6.07) is 8.09. The fourth-order valence-electron chi connectivity index (χ4n) is 5.94. The average Bonchev–Trinajstić information content (AvgIpc) is 3.10. The Morgan fingerprint density at radius 2 is 1.58 bits per heavy atom. The van der Waals surface area contributed by atoms with Crippen LogP contribution in [0.25, 0.3) is 11.1 Å². The molecule has 55 heavy (non-hydrogen) atoms. The van der Waals surface area contributed by atoms with E-state index >= 15 is 0 Å². The molecule has 0 spiro atoms. The molecule has 4 amide bonds. The number of hydrogen-bond donors (Lipinski definition) is 10. The van der Waals surface area contributed by atoms with Gasteiger partial charge in [-0.25, -0.2) is 0 Å². The van der Waals surface area contributed by atoms with Crippen molar-refractivity contribution in [3.8, 4) is 16.9 Å². The molecular formula is C35H60Cl5N9O6. The third-order valence-corrected chi connectivity index (χ3v) is 8.93. The number of fused-ring (bicyclic) bond motifs is 5. The second-order valence-corrected chi connectivity index (χ2v) is 13.0. The highest BCUT2D eigenvalue weighted by molar-refractivity contribution is 5.93. The molecule has 0 aliphatic carbocycles. The van der Waals surface area contributed by atoms with E-state index in [1.807, 2.05) is 24.3 Å². The maximum atomic E-state index is 14.2. The van der Waals surface area contributed by atoms with Crippen LogP contribution in [-0.2, 0) is 32.0 Å². The van der Waals surface area contributed by atoms with Crippen LogP contribution in [0.2, 0.25) is 0 Å². The minimum absolute atomic E-state index is 0. The molecule has 0 unspecified atom stereocenters. The molecule has 0 saturated heterocycles. The molecule has 15 nitrogen and oxygen atoms in total. The van der Waals surface area contributed by atoms with E-state index in [1.165, 1.54) is 18.0 Å². The van der Waals surface area contributed by atoms with Gasteiger partial charge in [0.2, 0.25) is 23.6 Å². The number of nitrogens with zero attached hydrogens (tertiary/aromatic N) is 1. The molecule has 2 aromatic carbocycles. The number of nitrogens with two attached hydrogens (primary N) is 5. The highest BCUT2D eigenvalue weighted by Gasteiger charge is 2.35. The Balaban J connectivity index is -0.00000541. The van der Waals surface area contributed by atoms with Gasteiger partial charge in [-0.15, -0.1) is 62.0 Å². The number of aromatic hydroxyl groups is 1. The second-order valence-electron chi connectivity index (χ2n) is 13.0. The number of carbonyl (C=O) groups is 4. The van der Waals surface area contributed by atoms with Gasteiger partial charge in [-0.05, 0) is 73.2 Å². The number of hydrogen-bond acceptors (Lipinski definition) is 11. The number of phenolic OH excluding ortho intramolecular Hbond substituents is 1. The van der Waals surface area contributed by atoms with Crippen molar-refractivity contribution >= 4 is 85.7 Å². The van der Waals surface area contributed by atoms with Gasteiger partial charge < -0.3 is 59.7 Å². The molecule has 2 aromatic rings. The molecular weight excluding hydrogens is 820 g/mol. The predicted molar refractivity (Wildman–Crippen MR) is 227 cm³/mol. The van der Waals surface area contributed by atoms with Gasteiger partial charge in [0, 0.05) is 57.9 Å². The van der Waals surface area contributed by atoms with E-state index in [4.69, 9.17) is 28.7 Å². The Labute approximate surface area is 354 Å². The second kappa shape index (κ2) is 28.7. The van der Waals surface area contributed by atoms with Crippen molar-refractivity contribution in [1.82, 2.24) is 20.9 Å². The topological polar surface area (TPSA) is 278 Å². The van der Waals surface area contributed by atoms with Crippen LogP contribution >= 0.6 is 62.0 Å². The SMILES string of the molecule is CN1C(=O)[C@H](C[C@@H](O)CN)NC(=O)[C@@H](N)Cc2cc(ccc2O)-c2cccc(c2)C[C@H]1C(=O)N[C@@H](CCCN)CC(=O)NC[C@@H](N)CCCN.Cl.Cl.Cl.Cl.Cl. The zero-order valence-electron chi connectivity index (χ0n) is 30.9. The summed E-state index contributed by atoms with van der Waals surface area (Å²) in [5.74, 6) is -2.17. The van der Waals surface area contributed by atoms with Gasteiger partial charge in [-0.1, -0.05) is 30.3 Å². The lowest BCUT2D eigenvalue weighted by atomic mass is 9.95. The molecule has 1 aliphatic rings. The molecule has 0 fully saturated rings. The maximum absolute atomic E-state index is 14.2. The molecule has 0 aromatic heterocycles. The first kappa shape index (κ1) is 56.7. The molecule has 1 aliphatic heterocycles. The van der Waals surface area contributed by atoms with Crippen molar-refractivity contribution in [3.05, 3.63) is 53.6 Å². The zero-order chi connectivity index (χ0) is 36.8. The van der Waals surface area contributed by atoms with Crippen molar-refractivity contribution in [1.29, 1.82) is 0 Å². The summed E-state index contributed by atoms with van der Waals surface area (Å²) in [5.41, 5.74) is 32.0. The summed E-state index contributed by atoms with van der Waals surface area (Å²) in [6.07, 6.45) is 1.02. The lowest BCUT2D eigenvalue weighted by Gasteiger charge is -2.33. The van der Waals surface area contributed by atoms with E-state index < -0.39 is 48.0 Å². The number of aliphatic hydroxyl groups is 1. The minimum atomic E-state index is -1.27. The minimum Gasteiger partial charge on any atom is -0.508 e. The molecule has 6 atom stereocenters. The van der Waals surface area contributed by atoms with Crippen LogP contribution in [0.4, 0.5) is 0 Å². The van der Waals surface area contributed by atoms with Crippen LogP contribution in [-0.4, -0.2) is 108 Å². The van der Waals surface area contributed by atoms with Crippen LogP contribution in [0.5, 0.6) is 5.75 Å². The number of likely N-dealkylation sites (N-methyl/N-ethyl adjacent to an activating group) is 1. The van der Waals surface area contributed by atoms with Gasteiger partial charge >= 0.3 is 0 Å². The van der Waals surface area contributed by atoms with Gasteiger partial charge in [0.25, 0.3) is 0 Å². The molecule has 4 bridgehead atoms. The summed E-state index contributed by atoms with van der Waals surface area (Å²) in [5, 5.41) is 29.4. The van der Waals surface area contributed by atoms with Crippen molar-refractivity contribution in [2.75, 3.05) is 33.2 Å². The predicted octanol–water partition coefficient (Wildman–Crippen LogP) is 0.412.